The molecule has 0 N–H and O–H groups in total. The fourth-order valence-corrected chi connectivity index (χ4v) is 3.32. The highest BCUT2D eigenvalue weighted by Gasteiger charge is 2.24. The van der Waals surface area contributed by atoms with E-state index in [1.165, 1.54) is 6.07 Å². The Morgan fingerprint density at radius 1 is 1.15 bits per heavy atom. The van der Waals surface area contributed by atoms with Crippen molar-refractivity contribution in [2.45, 2.75) is 13.5 Å². The van der Waals surface area contributed by atoms with Crippen molar-refractivity contribution in [1.29, 1.82) is 0 Å². The van der Waals surface area contributed by atoms with Crippen LogP contribution < -0.4 is 0 Å². The minimum absolute atomic E-state index is 0.124. The van der Waals surface area contributed by atoms with Gasteiger partial charge in [0.2, 0.25) is 0 Å². The van der Waals surface area contributed by atoms with Crippen LogP contribution >= 0.6 is 0 Å². The summed E-state index contributed by atoms with van der Waals surface area (Å²) in [4.78, 5) is 14.9. The van der Waals surface area contributed by atoms with E-state index in [-0.39, 0.29) is 18.3 Å². The largest absolute Gasteiger partial charge is 0.383 e. The molecule has 3 rings (SSSR count). The number of amides is 1. The van der Waals surface area contributed by atoms with Crippen LogP contribution in [0, 0.1) is 12.7 Å². The summed E-state index contributed by atoms with van der Waals surface area (Å²) in [7, 11) is 3.48. The molecule has 136 valence electrons. The minimum atomic E-state index is -0.309. The molecule has 0 unspecified atom stereocenters. The highest BCUT2D eigenvalue weighted by atomic mass is 19.1. The van der Waals surface area contributed by atoms with E-state index < -0.39 is 0 Å². The summed E-state index contributed by atoms with van der Waals surface area (Å²) in [5.41, 5.74) is 3.06. The third-order valence-electron chi connectivity index (χ3n) is 4.73. The number of carbonyl (C=O) groups is 1. The first-order valence-electron chi connectivity index (χ1n) is 8.60. The predicted molar refractivity (Wildman–Crippen MR) is 101 cm³/mol. The molecule has 0 bridgehead atoms. The predicted octanol–water partition coefficient (Wildman–Crippen LogP) is 3.91. The van der Waals surface area contributed by atoms with Gasteiger partial charge in [-0.1, -0.05) is 36.4 Å². The summed E-state index contributed by atoms with van der Waals surface area (Å²) >= 11 is 0. The molecule has 2 aromatic carbocycles. The van der Waals surface area contributed by atoms with Gasteiger partial charge in [-0.3, -0.25) is 4.79 Å². The normalized spacial score (nSPS) is 11.1. The van der Waals surface area contributed by atoms with Crippen LogP contribution in [-0.2, 0) is 18.3 Å². The average Bonchev–Trinajstić information content (AvgIpc) is 2.91. The van der Waals surface area contributed by atoms with Crippen LogP contribution in [0.25, 0.3) is 10.9 Å². The number of halogens is 1. The van der Waals surface area contributed by atoms with Crippen LogP contribution in [-0.4, -0.2) is 35.6 Å². The summed E-state index contributed by atoms with van der Waals surface area (Å²) in [6.45, 7) is 2.94. The number of carbonyl (C=O) groups excluding carboxylic acids is 1. The van der Waals surface area contributed by atoms with Gasteiger partial charge in [-0.25, -0.2) is 4.39 Å². The van der Waals surface area contributed by atoms with Crippen LogP contribution in [0.1, 0.15) is 21.6 Å². The number of fused-ring (bicyclic) bond motifs is 1. The maximum atomic E-state index is 14.1. The number of hydrogen-bond donors (Lipinski definition) is 0. The fraction of sp³-hybridized carbons (Fsp3) is 0.286. The van der Waals surface area contributed by atoms with Crippen LogP contribution in [0.5, 0.6) is 0 Å². The zero-order chi connectivity index (χ0) is 18.7. The lowest BCUT2D eigenvalue weighted by Gasteiger charge is -2.23. The van der Waals surface area contributed by atoms with E-state index in [2.05, 4.69) is 0 Å². The highest BCUT2D eigenvalue weighted by Crippen LogP contribution is 2.26. The number of rotatable bonds is 6. The molecule has 3 aromatic rings. The Labute approximate surface area is 152 Å². The molecular weight excluding hydrogens is 331 g/mol. The molecule has 0 atom stereocenters. The number of aromatic nitrogens is 1. The molecule has 26 heavy (non-hydrogen) atoms. The molecule has 4 nitrogen and oxygen atoms in total. The summed E-state index contributed by atoms with van der Waals surface area (Å²) in [5.74, 6) is -0.432. The SMILES string of the molecule is COCCN(Cc1ccccc1F)C(=O)c1c(C)c2ccccc2n1C. The summed E-state index contributed by atoms with van der Waals surface area (Å²) in [6, 6.07) is 14.5. The number of para-hydroxylation sites is 1. The fourth-order valence-electron chi connectivity index (χ4n) is 3.32. The molecule has 0 saturated heterocycles. The Morgan fingerprint density at radius 2 is 1.85 bits per heavy atom. The third-order valence-corrected chi connectivity index (χ3v) is 4.73. The van der Waals surface area contributed by atoms with Crippen molar-refractivity contribution in [2.24, 2.45) is 7.05 Å². The van der Waals surface area contributed by atoms with E-state index in [0.29, 0.717) is 24.4 Å². The number of aryl methyl sites for hydroxylation is 2. The molecule has 0 aliphatic rings. The molecule has 1 aromatic heterocycles. The standard InChI is InChI=1S/C21H23FN2O2/c1-15-17-9-5-7-11-19(17)23(2)20(15)21(25)24(12-13-26-3)14-16-8-4-6-10-18(16)22/h4-11H,12-14H2,1-3H3. The molecule has 1 heterocycles. The monoisotopic (exact) mass is 354 g/mol. The van der Waals surface area contributed by atoms with Crippen molar-refractivity contribution in [2.75, 3.05) is 20.3 Å². The lowest BCUT2D eigenvalue weighted by molar-refractivity contribution is 0.0669. The van der Waals surface area contributed by atoms with Gasteiger partial charge in [-0.05, 0) is 24.6 Å². The summed E-state index contributed by atoms with van der Waals surface area (Å²) in [5, 5.41) is 1.05. The molecule has 0 fully saturated rings. The van der Waals surface area contributed by atoms with E-state index >= 15 is 0 Å². The topological polar surface area (TPSA) is 34.5 Å². The first kappa shape index (κ1) is 18.1. The average molecular weight is 354 g/mol. The van der Waals surface area contributed by atoms with Crippen molar-refractivity contribution in [1.82, 2.24) is 9.47 Å². The van der Waals surface area contributed by atoms with E-state index in [1.54, 1.807) is 30.2 Å². The van der Waals surface area contributed by atoms with E-state index in [4.69, 9.17) is 4.74 Å². The first-order chi connectivity index (χ1) is 12.5. The Bertz CT molecular complexity index is 894. The van der Waals surface area contributed by atoms with Crippen molar-refractivity contribution in [3.63, 3.8) is 0 Å². The quantitative estimate of drug-likeness (QED) is 0.672. The smallest absolute Gasteiger partial charge is 0.271 e. The van der Waals surface area contributed by atoms with Gasteiger partial charge in [0.05, 0.1) is 6.61 Å². The lowest BCUT2D eigenvalue weighted by atomic mass is 10.1. The highest BCUT2D eigenvalue weighted by molar-refractivity contribution is 6.01. The zero-order valence-corrected chi connectivity index (χ0v) is 15.3. The van der Waals surface area contributed by atoms with Gasteiger partial charge in [0.1, 0.15) is 11.5 Å². The number of ether oxygens (including phenoxy) is 1. The second-order valence-electron chi connectivity index (χ2n) is 6.36. The van der Waals surface area contributed by atoms with Gasteiger partial charge in [0.15, 0.2) is 0 Å². The Balaban J connectivity index is 1.99. The first-order valence-corrected chi connectivity index (χ1v) is 8.60. The van der Waals surface area contributed by atoms with E-state index in [1.807, 2.05) is 42.8 Å². The number of hydrogen-bond acceptors (Lipinski definition) is 2. The molecule has 0 spiro atoms. The molecule has 0 radical (unpaired) electrons. The minimum Gasteiger partial charge on any atom is -0.383 e. The molecule has 0 aliphatic carbocycles. The Kier molecular flexibility index (Phi) is 5.38. The van der Waals surface area contributed by atoms with Crippen molar-refractivity contribution >= 4 is 16.8 Å². The lowest BCUT2D eigenvalue weighted by Crippen LogP contribution is -2.35. The number of benzene rings is 2. The van der Waals surface area contributed by atoms with Crippen molar-refractivity contribution < 1.29 is 13.9 Å². The van der Waals surface area contributed by atoms with Crippen LogP contribution in [0.15, 0.2) is 48.5 Å². The second-order valence-corrected chi connectivity index (χ2v) is 6.36. The van der Waals surface area contributed by atoms with E-state index in [0.717, 1.165) is 16.5 Å². The van der Waals surface area contributed by atoms with Gasteiger partial charge in [-0.2, -0.15) is 0 Å². The zero-order valence-electron chi connectivity index (χ0n) is 15.3. The second kappa shape index (κ2) is 7.70. The maximum absolute atomic E-state index is 14.1. The third kappa shape index (κ3) is 3.35. The molecule has 1 amide bonds. The summed E-state index contributed by atoms with van der Waals surface area (Å²) in [6.07, 6.45) is 0. The van der Waals surface area contributed by atoms with E-state index in [9.17, 15) is 9.18 Å². The van der Waals surface area contributed by atoms with Gasteiger partial charge in [-0.15, -0.1) is 0 Å². The van der Waals surface area contributed by atoms with Crippen molar-refractivity contribution in [3.05, 3.63) is 71.2 Å². The van der Waals surface area contributed by atoms with Crippen LogP contribution in [0.2, 0.25) is 0 Å². The van der Waals surface area contributed by atoms with Gasteiger partial charge >= 0.3 is 0 Å². The number of nitrogens with zero attached hydrogens (tertiary/aromatic N) is 2. The van der Waals surface area contributed by atoms with Crippen LogP contribution in [0.4, 0.5) is 4.39 Å². The van der Waals surface area contributed by atoms with Gasteiger partial charge < -0.3 is 14.2 Å². The van der Waals surface area contributed by atoms with Gasteiger partial charge in [0, 0.05) is 43.7 Å². The molecule has 0 aliphatic heterocycles. The molecule has 5 heteroatoms. The summed E-state index contributed by atoms with van der Waals surface area (Å²) < 4.78 is 21.2. The van der Waals surface area contributed by atoms with Gasteiger partial charge in [0.25, 0.3) is 5.91 Å². The Hall–Kier alpha value is -2.66. The van der Waals surface area contributed by atoms with Crippen LogP contribution in [0.3, 0.4) is 0 Å². The molecule has 0 saturated carbocycles. The van der Waals surface area contributed by atoms with Crippen molar-refractivity contribution in [3.8, 4) is 0 Å². The Morgan fingerprint density at radius 3 is 2.54 bits per heavy atom. The maximum Gasteiger partial charge on any atom is 0.271 e. The molecular formula is C21H23FN2O2. The number of methoxy groups -OCH3 is 1.